The number of nitrogens with zero attached hydrogens (tertiary/aromatic N) is 2. The highest BCUT2D eigenvalue weighted by molar-refractivity contribution is 5.89. The Balaban J connectivity index is 1.53. The van der Waals surface area contributed by atoms with Crippen LogP contribution in [0.1, 0.15) is 11.1 Å². The second-order valence-electron chi connectivity index (χ2n) is 6.58. The highest BCUT2D eigenvalue weighted by Gasteiger charge is 2.24. The Morgan fingerprint density at radius 2 is 1.92 bits per heavy atom. The summed E-state index contributed by atoms with van der Waals surface area (Å²) in [6.45, 7) is 6.20. The number of carbonyl (C=O) groups excluding carboxylic acids is 1. The molecule has 7 heteroatoms. The normalized spacial score (nSPS) is 14.9. The topological polar surface area (TPSA) is 79.9 Å². The summed E-state index contributed by atoms with van der Waals surface area (Å²) in [5, 5.41) is 13.6. The van der Waals surface area contributed by atoms with Gasteiger partial charge in [0.15, 0.2) is 0 Å². The van der Waals surface area contributed by atoms with Crippen molar-refractivity contribution in [3.63, 3.8) is 0 Å². The predicted octanol–water partition coefficient (Wildman–Crippen LogP) is 1.84. The van der Waals surface area contributed by atoms with Crippen molar-refractivity contribution in [3.8, 4) is 0 Å². The Morgan fingerprint density at radius 1 is 1.19 bits per heavy atom. The summed E-state index contributed by atoms with van der Waals surface area (Å²) in [5.74, 6) is 0. The van der Waals surface area contributed by atoms with E-state index >= 15 is 0 Å². The molecule has 136 valence electrons. The van der Waals surface area contributed by atoms with Crippen LogP contribution in [0.2, 0.25) is 0 Å². The minimum Gasteiger partial charge on any atom is -0.328 e. The van der Waals surface area contributed by atoms with E-state index in [4.69, 9.17) is 0 Å². The van der Waals surface area contributed by atoms with Gasteiger partial charge in [-0.05, 0) is 18.6 Å². The van der Waals surface area contributed by atoms with Crippen molar-refractivity contribution in [1.29, 1.82) is 0 Å². The number of amides is 2. The van der Waals surface area contributed by atoms with Gasteiger partial charge in [-0.15, -0.1) is 0 Å². The number of aryl methyl sites for hydroxylation is 1. The number of urea groups is 1. The largest absolute Gasteiger partial charge is 0.328 e. The third kappa shape index (κ3) is 4.37. The summed E-state index contributed by atoms with van der Waals surface area (Å²) in [5.41, 5.74) is 3.05. The Hall–Kier alpha value is -2.93. The zero-order valence-electron chi connectivity index (χ0n) is 14.8. The highest BCUT2D eigenvalue weighted by Crippen LogP contribution is 2.17. The summed E-state index contributed by atoms with van der Waals surface area (Å²) in [6, 6.07) is 14.2. The number of nitro benzene ring substituents is 1. The van der Waals surface area contributed by atoms with Crippen LogP contribution in [0.15, 0.2) is 48.5 Å². The van der Waals surface area contributed by atoms with Gasteiger partial charge < -0.3 is 15.1 Å². The molecule has 1 heterocycles. The molecule has 0 bridgehead atoms. The minimum absolute atomic E-state index is 0.0321. The van der Waals surface area contributed by atoms with Gasteiger partial charge in [0.25, 0.3) is 5.69 Å². The standard InChI is InChI=1S/C19H22N4O3/c1-15-5-2-3-6-16(15)14-21-9-11-22(12-10-21)19(24)20-17-7-4-8-18(13-17)23(25)26/h2-8,13H,9-12,14H2,1H3,(H,20,24)/p+1. The Bertz CT molecular complexity index is 801. The zero-order chi connectivity index (χ0) is 18.5. The molecule has 0 aliphatic carbocycles. The molecule has 7 nitrogen and oxygen atoms in total. The van der Waals surface area contributed by atoms with Gasteiger partial charge in [0.2, 0.25) is 0 Å². The fourth-order valence-corrected chi connectivity index (χ4v) is 3.18. The van der Waals surface area contributed by atoms with E-state index in [1.165, 1.54) is 28.2 Å². The Morgan fingerprint density at radius 3 is 2.62 bits per heavy atom. The number of carbonyl (C=O) groups is 1. The van der Waals surface area contributed by atoms with Crippen LogP contribution in [-0.4, -0.2) is 42.0 Å². The van der Waals surface area contributed by atoms with Gasteiger partial charge >= 0.3 is 6.03 Å². The number of hydrogen-bond donors (Lipinski definition) is 2. The van der Waals surface area contributed by atoms with Crippen LogP contribution in [0.25, 0.3) is 0 Å². The van der Waals surface area contributed by atoms with E-state index in [1.54, 1.807) is 17.0 Å². The molecule has 0 aromatic heterocycles. The number of nitrogens with one attached hydrogen (secondary N) is 2. The molecule has 0 spiro atoms. The third-order valence-electron chi connectivity index (χ3n) is 4.77. The molecular weight excluding hydrogens is 332 g/mol. The molecule has 2 amide bonds. The van der Waals surface area contributed by atoms with Gasteiger partial charge in [0.1, 0.15) is 6.54 Å². The summed E-state index contributed by atoms with van der Waals surface area (Å²) < 4.78 is 0. The highest BCUT2D eigenvalue weighted by atomic mass is 16.6. The third-order valence-corrected chi connectivity index (χ3v) is 4.77. The van der Waals surface area contributed by atoms with E-state index in [0.717, 1.165) is 19.6 Å². The van der Waals surface area contributed by atoms with Crippen molar-refractivity contribution >= 4 is 17.4 Å². The number of non-ortho nitro benzene ring substituents is 1. The van der Waals surface area contributed by atoms with Crippen LogP contribution in [0.4, 0.5) is 16.2 Å². The molecule has 0 unspecified atom stereocenters. The quantitative estimate of drug-likeness (QED) is 0.649. The lowest BCUT2D eigenvalue weighted by atomic mass is 10.1. The maximum absolute atomic E-state index is 12.4. The first-order valence-electron chi connectivity index (χ1n) is 8.71. The van der Waals surface area contributed by atoms with Gasteiger partial charge in [-0.3, -0.25) is 10.1 Å². The van der Waals surface area contributed by atoms with Crippen molar-refractivity contribution in [2.45, 2.75) is 13.5 Å². The van der Waals surface area contributed by atoms with E-state index in [9.17, 15) is 14.9 Å². The fraction of sp³-hybridized carbons (Fsp3) is 0.316. The van der Waals surface area contributed by atoms with Crippen LogP contribution in [0.3, 0.4) is 0 Å². The van der Waals surface area contributed by atoms with Crippen LogP contribution < -0.4 is 10.2 Å². The summed E-state index contributed by atoms with van der Waals surface area (Å²) in [4.78, 5) is 26.0. The molecule has 2 aromatic carbocycles. The van der Waals surface area contributed by atoms with E-state index in [1.807, 2.05) is 6.07 Å². The molecule has 0 radical (unpaired) electrons. The van der Waals surface area contributed by atoms with Crippen LogP contribution in [0.5, 0.6) is 0 Å². The maximum Gasteiger partial charge on any atom is 0.322 e. The van der Waals surface area contributed by atoms with Gasteiger partial charge in [-0.2, -0.15) is 0 Å². The van der Waals surface area contributed by atoms with Crippen molar-refractivity contribution < 1.29 is 14.6 Å². The maximum atomic E-state index is 12.4. The van der Waals surface area contributed by atoms with E-state index in [0.29, 0.717) is 18.8 Å². The lowest BCUT2D eigenvalue weighted by Crippen LogP contribution is -3.13. The molecule has 1 aliphatic heterocycles. The monoisotopic (exact) mass is 355 g/mol. The predicted molar refractivity (Wildman–Crippen MR) is 99.3 cm³/mol. The lowest BCUT2D eigenvalue weighted by molar-refractivity contribution is -0.917. The molecule has 1 fully saturated rings. The number of nitro groups is 1. The van der Waals surface area contributed by atoms with E-state index < -0.39 is 4.92 Å². The first-order valence-corrected chi connectivity index (χ1v) is 8.71. The Labute approximate surface area is 152 Å². The van der Waals surface area contributed by atoms with Gasteiger partial charge in [0.05, 0.1) is 31.1 Å². The summed E-state index contributed by atoms with van der Waals surface area (Å²) in [7, 11) is 0. The smallest absolute Gasteiger partial charge is 0.322 e. The average Bonchev–Trinajstić information content (AvgIpc) is 2.64. The lowest BCUT2D eigenvalue weighted by Gasteiger charge is -2.32. The number of hydrogen-bond acceptors (Lipinski definition) is 3. The van der Waals surface area contributed by atoms with Gasteiger partial charge in [-0.1, -0.05) is 30.3 Å². The molecule has 3 rings (SSSR count). The molecule has 0 atom stereocenters. The van der Waals surface area contributed by atoms with Crippen molar-refractivity contribution in [2.24, 2.45) is 0 Å². The number of piperazine rings is 1. The second-order valence-corrected chi connectivity index (χ2v) is 6.58. The molecule has 1 aliphatic rings. The van der Waals surface area contributed by atoms with E-state index in [2.05, 4.69) is 30.4 Å². The molecule has 26 heavy (non-hydrogen) atoms. The van der Waals surface area contributed by atoms with Crippen molar-refractivity contribution in [3.05, 3.63) is 69.8 Å². The zero-order valence-corrected chi connectivity index (χ0v) is 14.8. The molecule has 2 aromatic rings. The second kappa shape index (κ2) is 7.97. The number of rotatable bonds is 4. The first kappa shape index (κ1) is 17.9. The fourth-order valence-electron chi connectivity index (χ4n) is 3.18. The minimum atomic E-state index is -0.469. The van der Waals surface area contributed by atoms with Crippen LogP contribution >= 0.6 is 0 Å². The molecular formula is C19H23N4O3+. The van der Waals surface area contributed by atoms with Crippen LogP contribution in [-0.2, 0) is 6.54 Å². The summed E-state index contributed by atoms with van der Waals surface area (Å²) >= 11 is 0. The SMILES string of the molecule is Cc1ccccc1C[NH+]1CCN(C(=O)Nc2cccc([N+](=O)[O-])c2)CC1. The van der Waals surface area contributed by atoms with Crippen molar-refractivity contribution in [2.75, 3.05) is 31.5 Å². The number of anilines is 1. The summed E-state index contributed by atoms with van der Waals surface area (Å²) in [6.07, 6.45) is 0. The van der Waals surface area contributed by atoms with E-state index in [-0.39, 0.29) is 11.7 Å². The van der Waals surface area contributed by atoms with Crippen molar-refractivity contribution in [1.82, 2.24) is 4.90 Å². The average molecular weight is 355 g/mol. The molecule has 0 saturated carbocycles. The number of benzene rings is 2. The van der Waals surface area contributed by atoms with Crippen LogP contribution in [0, 0.1) is 17.0 Å². The van der Waals surface area contributed by atoms with Gasteiger partial charge in [0, 0.05) is 23.4 Å². The Kier molecular flexibility index (Phi) is 5.48. The first-order chi connectivity index (χ1) is 12.5. The van der Waals surface area contributed by atoms with Gasteiger partial charge in [-0.25, -0.2) is 4.79 Å². The molecule has 2 N–H and O–H groups in total. The molecule has 1 saturated heterocycles. The number of quaternary nitrogens is 1.